The molecular formula is C20H33NO5. The third kappa shape index (κ3) is 7.41. The maximum Gasteiger partial charge on any atom is 0.290 e. The summed E-state index contributed by atoms with van der Waals surface area (Å²) in [6.07, 6.45) is 4.23. The van der Waals surface area contributed by atoms with E-state index in [2.05, 4.69) is 29.2 Å². The quantitative estimate of drug-likeness (QED) is 0.455. The van der Waals surface area contributed by atoms with Gasteiger partial charge in [-0.05, 0) is 44.2 Å². The van der Waals surface area contributed by atoms with E-state index < -0.39 is 6.10 Å². The summed E-state index contributed by atoms with van der Waals surface area (Å²) in [4.78, 5) is 10.8. The topological polar surface area (TPSA) is 90.2 Å². The number of rotatable bonds is 9. The SMILES string of the molecule is COCCC[C@@]1(CO)CN(CCCc2ccccc2)CC[C@H]1O.O=CO. The first-order valence-electron chi connectivity index (χ1n) is 9.24. The number of aryl methyl sites for hydroxylation is 1. The zero-order valence-electron chi connectivity index (χ0n) is 15.7. The molecule has 26 heavy (non-hydrogen) atoms. The first-order chi connectivity index (χ1) is 12.6. The van der Waals surface area contributed by atoms with Crippen LogP contribution in [-0.2, 0) is 16.0 Å². The molecule has 1 saturated heterocycles. The van der Waals surface area contributed by atoms with Crippen molar-refractivity contribution in [1.82, 2.24) is 4.90 Å². The minimum absolute atomic E-state index is 0.0487. The Kier molecular flexibility index (Phi) is 11.1. The standard InChI is InChI=1S/C19H31NO3.CH2O2/c1-23-14-6-11-19(16-21)15-20(13-10-18(19)22)12-5-9-17-7-3-2-4-8-17;2-1-3/h2-4,7-8,18,21-22H,5-6,9-16H2,1H3;1H,(H,2,3)/t18-,19+;/m1./s1. The minimum atomic E-state index is -0.408. The van der Waals surface area contributed by atoms with Gasteiger partial charge >= 0.3 is 0 Å². The lowest BCUT2D eigenvalue weighted by atomic mass is 9.74. The van der Waals surface area contributed by atoms with Crippen molar-refractivity contribution in [3.63, 3.8) is 0 Å². The van der Waals surface area contributed by atoms with Gasteiger partial charge in [-0.1, -0.05) is 30.3 Å². The van der Waals surface area contributed by atoms with Gasteiger partial charge in [-0.25, -0.2) is 0 Å². The predicted octanol–water partition coefficient (Wildman–Crippen LogP) is 1.79. The first-order valence-corrected chi connectivity index (χ1v) is 9.24. The van der Waals surface area contributed by atoms with Crippen LogP contribution >= 0.6 is 0 Å². The average molecular weight is 367 g/mol. The van der Waals surface area contributed by atoms with Crippen molar-refractivity contribution in [2.75, 3.05) is 40.0 Å². The highest BCUT2D eigenvalue weighted by molar-refractivity contribution is 5.32. The molecule has 0 aliphatic carbocycles. The average Bonchev–Trinajstić information content (AvgIpc) is 2.66. The van der Waals surface area contributed by atoms with Crippen LogP contribution in [0, 0.1) is 5.41 Å². The molecule has 0 spiro atoms. The van der Waals surface area contributed by atoms with E-state index in [9.17, 15) is 10.2 Å². The molecule has 1 aromatic carbocycles. The second kappa shape index (κ2) is 12.8. The van der Waals surface area contributed by atoms with Gasteiger partial charge in [0, 0.05) is 32.2 Å². The first kappa shape index (κ1) is 22.6. The van der Waals surface area contributed by atoms with Crippen LogP contribution in [0.4, 0.5) is 0 Å². The Hall–Kier alpha value is -1.47. The van der Waals surface area contributed by atoms with Crippen molar-refractivity contribution in [2.45, 2.75) is 38.2 Å². The molecule has 2 atom stereocenters. The molecule has 0 unspecified atom stereocenters. The second-order valence-corrected chi connectivity index (χ2v) is 6.89. The molecule has 1 heterocycles. The van der Waals surface area contributed by atoms with Crippen molar-refractivity contribution in [1.29, 1.82) is 0 Å². The molecule has 1 aromatic rings. The number of nitrogens with zero attached hydrogens (tertiary/aromatic N) is 1. The highest BCUT2D eigenvalue weighted by Gasteiger charge is 2.41. The van der Waals surface area contributed by atoms with Gasteiger partial charge in [-0.2, -0.15) is 0 Å². The van der Waals surface area contributed by atoms with Gasteiger partial charge in [0.1, 0.15) is 0 Å². The number of carbonyl (C=O) groups is 1. The third-order valence-electron chi connectivity index (χ3n) is 5.08. The molecular weight excluding hydrogens is 334 g/mol. The maximum absolute atomic E-state index is 10.4. The molecule has 1 aliphatic rings. The van der Waals surface area contributed by atoms with Crippen molar-refractivity contribution in [3.8, 4) is 0 Å². The molecule has 3 N–H and O–H groups in total. The Morgan fingerprint density at radius 1 is 1.31 bits per heavy atom. The van der Waals surface area contributed by atoms with Crippen LogP contribution in [-0.4, -0.2) is 72.8 Å². The smallest absolute Gasteiger partial charge is 0.290 e. The number of hydrogen-bond donors (Lipinski definition) is 3. The number of likely N-dealkylation sites (tertiary alicyclic amines) is 1. The number of hydrogen-bond acceptors (Lipinski definition) is 5. The van der Waals surface area contributed by atoms with Crippen molar-refractivity contribution in [2.24, 2.45) is 5.41 Å². The number of benzene rings is 1. The molecule has 1 aliphatic heterocycles. The second-order valence-electron chi connectivity index (χ2n) is 6.89. The zero-order chi connectivity index (χ0) is 19.3. The normalized spacial score (nSPS) is 23.1. The van der Waals surface area contributed by atoms with E-state index in [0.29, 0.717) is 6.61 Å². The van der Waals surface area contributed by atoms with E-state index in [0.717, 1.165) is 51.7 Å². The van der Waals surface area contributed by atoms with E-state index in [1.807, 2.05) is 6.07 Å². The lowest BCUT2D eigenvalue weighted by molar-refractivity contribution is -0.122. The molecule has 0 bridgehead atoms. The van der Waals surface area contributed by atoms with Crippen LogP contribution < -0.4 is 0 Å². The monoisotopic (exact) mass is 367 g/mol. The summed E-state index contributed by atoms with van der Waals surface area (Å²) in [6, 6.07) is 10.6. The number of aliphatic hydroxyl groups is 2. The molecule has 1 fully saturated rings. The predicted molar refractivity (Wildman–Crippen MR) is 101 cm³/mol. The van der Waals surface area contributed by atoms with E-state index in [-0.39, 0.29) is 18.5 Å². The lowest BCUT2D eigenvalue weighted by Gasteiger charge is -2.45. The van der Waals surface area contributed by atoms with E-state index in [1.54, 1.807) is 7.11 Å². The number of piperidine rings is 1. The lowest BCUT2D eigenvalue weighted by Crippen LogP contribution is -2.54. The molecule has 0 radical (unpaired) electrons. The van der Waals surface area contributed by atoms with Crippen LogP contribution in [0.1, 0.15) is 31.2 Å². The summed E-state index contributed by atoms with van der Waals surface area (Å²) in [6.45, 7) is 3.20. The van der Waals surface area contributed by atoms with Crippen LogP contribution in [0.2, 0.25) is 0 Å². The Balaban J connectivity index is 0.00000105. The van der Waals surface area contributed by atoms with Crippen LogP contribution in [0.5, 0.6) is 0 Å². The summed E-state index contributed by atoms with van der Waals surface area (Å²) in [5.41, 5.74) is 0.988. The van der Waals surface area contributed by atoms with Crippen molar-refractivity contribution < 1.29 is 24.9 Å². The molecule has 6 nitrogen and oxygen atoms in total. The number of methoxy groups -OCH3 is 1. The molecule has 6 heteroatoms. The van der Waals surface area contributed by atoms with E-state index >= 15 is 0 Å². The molecule has 0 aromatic heterocycles. The van der Waals surface area contributed by atoms with Crippen molar-refractivity contribution in [3.05, 3.63) is 35.9 Å². The summed E-state index contributed by atoms with van der Waals surface area (Å²) in [7, 11) is 1.69. The van der Waals surface area contributed by atoms with Gasteiger partial charge in [0.15, 0.2) is 0 Å². The third-order valence-corrected chi connectivity index (χ3v) is 5.08. The van der Waals surface area contributed by atoms with Gasteiger partial charge in [-0.3, -0.25) is 4.79 Å². The molecule has 0 saturated carbocycles. The number of carboxylic acid groups (broad SMARTS) is 1. The fraction of sp³-hybridized carbons (Fsp3) is 0.650. The van der Waals surface area contributed by atoms with Gasteiger partial charge in [0.05, 0.1) is 12.7 Å². The van der Waals surface area contributed by atoms with Crippen molar-refractivity contribution >= 4 is 6.47 Å². The summed E-state index contributed by atoms with van der Waals surface area (Å²) in [5, 5.41) is 27.2. The maximum atomic E-state index is 10.4. The molecule has 148 valence electrons. The molecule has 2 rings (SSSR count). The van der Waals surface area contributed by atoms with Crippen LogP contribution in [0.25, 0.3) is 0 Å². The van der Waals surface area contributed by atoms with Crippen LogP contribution in [0.3, 0.4) is 0 Å². The van der Waals surface area contributed by atoms with E-state index in [4.69, 9.17) is 14.6 Å². The number of ether oxygens (including phenoxy) is 1. The Labute approximate surface area is 156 Å². The fourth-order valence-corrected chi connectivity index (χ4v) is 3.63. The molecule has 0 amide bonds. The highest BCUT2D eigenvalue weighted by atomic mass is 16.5. The Morgan fingerprint density at radius 2 is 2.00 bits per heavy atom. The summed E-state index contributed by atoms with van der Waals surface area (Å²) >= 11 is 0. The summed E-state index contributed by atoms with van der Waals surface area (Å²) < 4.78 is 5.12. The number of aliphatic hydroxyl groups excluding tert-OH is 2. The van der Waals surface area contributed by atoms with Gasteiger partial charge in [0.25, 0.3) is 6.47 Å². The van der Waals surface area contributed by atoms with Gasteiger partial charge in [0.2, 0.25) is 0 Å². The van der Waals surface area contributed by atoms with Gasteiger partial charge in [-0.15, -0.1) is 0 Å². The van der Waals surface area contributed by atoms with E-state index in [1.165, 1.54) is 5.56 Å². The largest absolute Gasteiger partial charge is 0.483 e. The van der Waals surface area contributed by atoms with Crippen LogP contribution in [0.15, 0.2) is 30.3 Å². The van der Waals surface area contributed by atoms with Gasteiger partial charge < -0.3 is 25.0 Å². The summed E-state index contributed by atoms with van der Waals surface area (Å²) in [5.74, 6) is 0. The Morgan fingerprint density at radius 3 is 2.62 bits per heavy atom. The Bertz CT molecular complexity index is 484. The minimum Gasteiger partial charge on any atom is -0.483 e. The zero-order valence-corrected chi connectivity index (χ0v) is 15.7. The fourth-order valence-electron chi connectivity index (χ4n) is 3.63. The highest BCUT2D eigenvalue weighted by Crippen LogP contribution is 2.34.